The van der Waals surface area contributed by atoms with Crippen LogP contribution < -0.4 is 0 Å². The summed E-state index contributed by atoms with van der Waals surface area (Å²) in [6.07, 6.45) is 2.87. The molecule has 0 saturated carbocycles. The lowest BCUT2D eigenvalue weighted by atomic mass is 10.2. The van der Waals surface area contributed by atoms with E-state index in [1.165, 1.54) is 0 Å². The van der Waals surface area contributed by atoms with Crippen molar-refractivity contribution in [3.63, 3.8) is 0 Å². The van der Waals surface area contributed by atoms with Crippen molar-refractivity contribution in [2.75, 3.05) is 6.16 Å². The van der Waals surface area contributed by atoms with E-state index in [9.17, 15) is 8.42 Å². The molecular weight excluding hydrogens is 243 g/mol. The van der Waals surface area contributed by atoms with Gasteiger partial charge in [0.15, 0.2) is 0 Å². The molecule has 0 bridgehead atoms. The van der Waals surface area contributed by atoms with E-state index in [1.54, 1.807) is 24.3 Å². The van der Waals surface area contributed by atoms with Gasteiger partial charge in [0.05, 0.1) is 4.90 Å². The lowest BCUT2D eigenvalue weighted by Gasteiger charge is -2.05. The van der Waals surface area contributed by atoms with Gasteiger partial charge in [0.25, 0.3) is 10.1 Å². The third kappa shape index (κ3) is 4.20. The fourth-order valence-electron chi connectivity index (χ4n) is 1.12. The average Bonchev–Trinajstić information content (AvgIpc) is 2.25. The molecule has 90 valence electrons. The molecule has 0 aliphatic rings. The highest BCUT2D eigenvalue weighted by Gasteiger charge is 2.14. The van der Waals surface area contributed by atoms with Gasteiger partial charge in [-0.1, -0.05) is 31.0 Å². The summed E-state index contributed by atoms with van der Waals surface area (Å²) in [6, 6.07) is 6.70. The Morgan fingerprint density at radius 1 is 1.25 bits per heavy atom. The molecule has 0 fully saturated rings. The maximum absolute atomic E-state index is 11.7. The quantitative estimate of drug-likeness (QED) is 0.583. The lowest BCUT2D eigenvalue weighted by molar-refractivity contribution is 0.512. The van der Waals surface area contributed by atoms with Gasteiger partial charge >= 0.3 is 0 Å². The van der Waals surface area contributed by atoms with Crippen molar-refractivity contribution in [2.24, 2.45) is 0 Å². The lowest BCUT2D eigenvalue weighted by Crippen LogP contribution is -2.01. The first-order valence-electron chi connectivity index (χ1n) is 5.29. The van der Waals surface area contributed by atoms with Gasteiger partial charge < -0.3 is 0 Å². The van der Waals surface area contributed by atoms with E-state index in [4.69, 9.17) is 3.97 Å². The topological polar surface area (TPSA) is 43.4 Å². The van der Waals surface area contributed by atoms with Gasteiger partial charge in [-0.2, -0.15) is 8.42 Å². The van der Waals surface area contributed by atoms with Crippen LogP contribution in [0.5, 0.6) is 0 Å². The predicted octanol–water partition coefficient (Wildman–Crippen LogP) is 3.09. The molecule has 0 aliphatic carbocycles. The molecule has 0 spiro atoms. The summed E-state index contributed by atoms with van der Waals surface area (Å²) in [5, 5.41) is 0. The Morgan fingerprint density at radius 3 is 2.44 bits per heavy atom. The fraction of sp³-hybridized carbons (Fsp3) is 0.455. The molecule has 16 heavy (non-hydrogen) atoms. The molecule has 0 heterocycles. The van der Waals surface area contributed by atoms with E-state index in [2.05, 4.69) is 6.92 Å². The number of hydrogen-bond acceptors (Lipinski definition) is 3. The van der Waals surface area contributed by atoms with Crippen LogP contribution in [0.15, 0.2) is 29.2 Å². The summed E-state index contributed by atoms with van der Waals surface area (Å²) >= 11 is 0. The van der Waals surface area contributed by atoms with Crippen LogP contribution in [-0.4, -0.2) is 14.6 Å². The summed E-state index contributed by atoms with van der Waals surface area (Å²) in [4.78, 5) is 0.238. The Balaban J connectivity index is 2.60. The normalized spacial score (nSPS) is 12.4. The molecule has 5 heteroatoms. The van der Waals surface area contributed by atoms with Crippen LogP contribution in [0.25, 0.3) is 0 Å². The molecule has 1 aromatic rings. The summed E-state index contributed by atoms with van der Waals surface area (Å²) in [6.45, 7) is 3.99. The molecule has 3 nitrogen and oxygen atoms in total. The zero-order chi connectivity index (χ0) is 12.0. The second-order valence-corrected chi connectivity index (χ2v) is 6.43. The van der Waals surface area contributed by atoms with Crippen molar-refractivity contribution in [3.05, 3.63) is 29.8 Å². The second-order valence-electron chi connectivity index (χ2n) is 3.60. The van der Waals surface area contributed by atoms with Gasteiger partial charge in [0.1, 0.15) is 0 Å². The Kier molecular flexibility index (Phi) is 5.39. The summed E-state index contributed by atoms with van der Waals surface area (Å²) < 4.78 is 28.3. The maximum Gasteiger partial charge on any atom is 0.299 e. The zero-order valence-electron chi connectivity index (χ0n) is 9.56. The number of aryl methyl sites for hydroxylation is 1. The number of unbranched alkanes of at least 4 members (excludes halogenated alkanes) is 1. The van der Waals surface area contributed by atoms with E-state index in [0.29, 0.717) is 0 Å². The van der Waals surface area contributed by atoms with Crippen LogP contribution in [0.4, 0.5) is 0 Å². The molecule has 1 rings (SSSR count). The monoisotopic (exact) mass is 260 g/mol. The molecule has 0 aliphatic heterocycles. The molecule has 1 unspecified atom stereocenters. The van der Waals surface area contributed by atoms with Crippen molar-refractivity contribution in [2.45, 2.75) is 31.6 Å². The van der Waals surface area contributed by atoms with Crippen molar-refractivity contribution in [3.8, 4) is 0 Å². The highest BCUT2D eigenvalue weighted by molar-refractivity contribution is 7.89. The van der Waals surface area contributed by atoms with Gasteiger partial charge in [-0.25, -0.2) is 3.97 Å². The molecule has 1 atom stereocenters. The van der Waals surface area contributed by atoms with Crippen molar-refractivity contribution in [1.82, 2.24) is 0 Å². The van der Waals surface area contributed by atoms with Crippen LogP contribution >= 0.6 is 8.81 Å². The average molecular weight is 260 g/mol. The minimum Gasteiger partial charge on any atom is -0.247 e. The number of benzene rings is 1. The smallest absolute Gasteiger partial charge is 0.247 e. The highest BCUT2D eigenvalue weighted by atomic mass is 32.2. The zero-order valence-corrected chi connectivity index (χ0v) is 11.4. The van der Waals surface area contributed by atoms with Gasteiger partial charge in [0.2, 0.25) is 0 Å². The number of hydrogen-bond donors (Lipinski definition) is 0. The minimum atomic E-state index is -3.55. The molecular formula is C11H17O3PS. The minimum absolute atomic E-state index is 0.0253. The first-order valence-corrected chi connectivity index (χ1v) is 7.81. The van der Waals surface area contributed by atoms with Crippen LogP contribution in [0, 0.1) is 6.92 Å². The van der Waals surface area contributed by atoms with E-state index in [0.717, 1.165) is 24.6 Å². The van der Waals surface area contributed by atoms with Gasteiger partial charge in [-0.15, -0.1) is 0 Å². The Bertz CT molecular complexity index is 411. The Hall–Kier alpha value is -0.440. The van der Waals surface area contributed by atoms with E-state index >= 15 is 0 Å². The molecule has 0 saturated heterocycles. The first kappa shape index (κ1) is 13.6. The summed E-state index contributed by atoms with van der Waals surface area (Å²) in [5.41, 5.74) is 1.03. The highest BCUT2D eigenvalue weighted by Crippen LogP contribution is 2.23. The summed E-state index contributed by atoms with van der Waals surface area (Å²) in [5.74, 6) is 0. The molecule has 1 aromatic carbocycles. The van der Waals surface area contributed by atoms with Crippen LogP contribution in [0.1, 0.15) is 25.3 Å². The van der Waals surface area contributed by atoms with E-state index in [1.807, 2.05) is 6.92 Å². The molecule has 0 aromatic heterocycles. The third-order valence-electron chi connectivity index (χ3n) is 2.11. The summed E-state index contributed by atoms with van der Waals surface area (Å²) in [7, 11) is -3.52. The fourth-order valence-corrected chi connectivity index (χ4v) is 3.43. The second kappa shape index (κ2) is 6.33. The van der Waals surface area contributed by atoms with Gasteiger partial charge in [-0.3, -0.25) is 0 Å². The molecule has 0 amide bonds. The van der Waals surface area contributed by atoms with E-state index < -0.39 is 10.1 Å². The van der Waals surface area contributed by atoms with Gasteiger partial charge in [0, 0.05) is 8.81 Å². The van der Waals surface area contributed by atoms with Crippen molar-refractivity contribution < 1.29 is 12.4 Å². The Morgan fingerprint density at radius 2 is 1.88 bits per heavy atom. The SMILES string of the molecule is CCCCPOS(=O)(=O)c1ccc(C)cc1. The molecule has 0 radical (unpaired) electrons. The maximum atomic E-state index is 11.7. The predicted molar refractivity (Wildman–Crippen MR) is 67.5 cm³/mol. The van der Waals surface area contributed by atoms with Gasteiger partial charge in [-0.05, 0) is 31.6 Å². The van der Waals surface area contributed by atoms with Crippen LogP contribution in [0.3, 0.4) is 0 Å². The van der Waals surface area contributed by atoms with Crippen LogP contribution in [-0.2, 0) is 14.1 Å². The Labute approximate surface area is 99.2 Å². The number of rotatable bonds is 6. The van der Waals surface area contributed by atoms with Crippen molar-refractivity contribution >= 4 is 18.9 Å². The molecule has 0 N–H and O–H groups in total. The van der Waals surface area contributed by atoms with E-state index in [-0.39, 0.29) is 13.7 Å². The third-order valence-corrected chi connectivity index (χ3v) is 4.87. The van der Waals surface area contributed by atoms with Crippen LogP contribution in [0.2, 0.25) is 0 Å². The first-order chi connectivity index (χ1) is 7.56. The standard InChI is InChI=1S/C11H17O3PS/c1-3-4-9-15-14-16(12,13)11-7-5-10(2)6-8-11/h5-8,15H,3-4,9H2,1-2H3. The van der Waals surface area contributed by atoms with Crippen molar-refractivity contribution in [1.29, 1.82) is 0 Å². The largest absolute Gasteiger partial charge is 0.299 e.